The molecule has 1 aromatic carbocycles. The van der Waals surface area contributed by atoms with Gasteiger partial charge in [0.05, 0.1) is 23.9 Å². The summed E-state index contributed by atoms with van der Waals surface area (Å²) in [6, 6.07) is 7.49. The highest BCUT2D eigenvalue weighted by Gasteiger charge is 2.51. The first-order valence-electron chi connectivity index (χ1n) is 13.2. The Balaban J connectivity index is 2.18. The molecule has 214 valence electrons. The first kappa shape index (κ1) is 31.9. The van der Waals surface area contributed by atoms with Gasteiger partial charge in [0.1, 0.15) is 11.2 Å². The van der Waals surface area contributed by atoms with Crippen LogP contribution in [0.4, 0.5) is 9.59 Å². The fourth-order valence-electron chi connectivity index (χ4n) is 3.80. The van der Waals surface area contributed by atoms with Crippen LogP contribution in [-0.4, -0.2) is 72.9 Å². The van der Waals surface area contributed by atoms with Gasteiger partial charge in [0, 0.05) is 20.2 Å². The molecule has 0 spiro atoms. The van der Waals surface area contributed by atoms with Gasteiger partial charge in [-0.3, -0.25) is 4.90 Å². The maximum Gasteiger partial charge on any atom is 0.494 e. The minimum Gasteiger partial charge on any atom is -0.444 e. The number of ether oxygens (including phenoxy) is 3. The van der Waals surface area contributed by atoms with Crippen molar-refractivity contribution in [1.29, 1.82) is 0 Å². The van der Waals surface area contributed by atoms with E-state index < -0.39 is 41.7 Å². The standard InChI is InChI=1S/C28H47BN2O7/c1-25(2,3)35-23(32)30-17-16-22(19-34-11)31(24(33)36-26(4,5)6)18-20-12-14-21(15-13-20)29-37-27(7,8)28(9,10)38-29/h12-15,22H,16-19H2,1-11H3,(H,30,32)/t22-/m1/s1. The number of amides is 2. The molecule has 0 saturated carbocycles. The van der Waals surface area contributed by atoms with Crippen LogP contribution in [0.1, 0.15) is 81.2 Å². The van der Waals surface area contributed by atoms with Crippen LogP contribution in [0, 0.1) is 0 Å². The number of carbonyl (C=O) groups excluding carboxylic acids is 2. The Morgan fingerprint density at radius 2 is 1.47 bits per heavy atom. The molecule has 1 aliphatic rings. The molecule has 0 aromatic heterocycles. The van der Waals surface area contributed by atoms with Gasteiger partial charge in [-0.05, 0) is 86.7 Å². The van der Waals surface area contributed by atoms with Crippen molar-refractivity contribution in [1.82, 2.24) is 10.2 Å². The van der Waals surface area contributed by atoms with E-state index in [4.69, 9.17) is 23.5 Å². The van der Waals surface area contributed by atoms with E-state index in [0.717, 1.165) is 11.0 Å². The van der Waals surface area contributed by atoms with Crippen LogP contribution in [0.25, 0.3) is 0 Å². The Bertz CT molecular complexity index is 920. The molecule has 1 atom stereocenters. The maximum atomic E-state index is 13.3. The van der Waals surface area contributed by atoms with Gasteiger partial charge >= 0.3 is 19.3 Å². The topological polar surface area (TPSA) is 95.6 Å². The monoisotopic (exact) mass is 534 g/mol. The molecule has 1 heterocycles. The summed E-state index contributed by atoms with van der Waals surface area (Å²) in [5.74, 6) is 0. The number of alkyl carbamates (subject to hydrolysis) is 1. The van der Waals surface area contributed by atoms with Crippen molar-refractivity contribution in [3.05, 3.63) is 29.8 Å². The number of hydrogen-bond donors (Lipinski definition) is 1. The molecule has 1 fully saturated rings. The van der Waals surface area contributed by atoms with E-state index in [-0.39, 0.29) is 12.6 Å². The molecule has 1 saturated heterocycles. The predicted octanol–water partition coefficient (Wildman–Crippen LogP) is 4.65. The first-order chi connectivity index (χ1) is 17.3. The van der Waals surface area contributed by atoms with Gasteiger partial charge in [0.2, 0.25) is 0 Å². The summed E-state index contributed by atoms with van der Waals surface area (Å²) in [5, 5.41) is 2.76. The number of benzene rings is 1. The van der Waals surface area contributed by atoms with E-state index in [1.165, 1.54) is 0 Å². The molecule has 1 N–H and O–H groups in total. The average Bonchev–Trinajstić information content (AvgIpc) is 2.96. The molecule has 10 heteroatoms. The second kappa shape index (κ2) is 12.3. The second-order valence-corrected chi connectivity index (χ2v) is 12.8. The van der Waals surface area contributed by atoms with Crippen molar-refractivity contribution < 1.29 is 33.1 Å². The largest absolute Gasteiger partial charge is 0.494 e. The van der Waals surface area contributed by atoms with Crippen LogP contribution in [-0.2, 0) is 30.1 Å². The number of rotatable bonds is 9. The molecule has 0 bridgehead atoms. The van der Waals surface area contributed by atoms with Gasteiger partial charge in [-0.1, -0.05) is 24.3 Å². The number of carbonyl (C=O) groups is 2. The van der Waals surface area contributed by atoms with Gasteiger partial charge in [-0.25, -0.2) is 9.59 Å². The Morgan fingerprint density at radius 3 is 1.95 bits per heavy atom. The predicted molar refractivity (Wildman–Crippen MR) is 148 cm³/mol. The zero-order valence-electron chi connectivity index (χ0n) is 25.1. The van der Waals surface area contributed by atoms with Crippen LogP contribution in [0.3, 0.4) is 0 Å². The van der Waals surface area contributed by atoms with Crippen LogP contribution in [0.15, 0.2) is 24.3 Å². The lowest BCUT2D eigenvalue weighted by molar-refractivity contribution is 0.00203. The number of nitrogens with one attached hydrogen (secondary N) is 1. The second-order valence-electron chi connectivity index (χ2n) is 12.8. The summed E-state index contributed by atoms with van der Waals surface area (Å²) < 4.78 is 28.8. The van der Waals surface area contributed by atoms with Gasteiger partial charge in [0.25, 0.3) is 0 Å². The third-order valence-electron chi connectivity index (χ3n) is 6.43. The lowest BCUT2D eigenvalue weighted by Crippen LogP contribution is -2.46. The van der Waals surface area contributed by atoms with Crippen LogP contribution in [0.2, 0.25) is 0 Å². The fraction of sp³-hybridized carbons (Fsp3) is 0.714. The van der Waals surface area contributed by atoms with E-state index in [1.807, 2.05) is 93.5 Å². The van der Waals surface area contributed by atoms with Crippen molar-refractivity contribution in [2.24, 2.45) is 0 Å². The molecular formula is C28H47BN2O7. The molecule has 0 unspecified atom stereocenters. The summed E-state index contributed by atoms with van der Waals surface area (Å²) in [5.41, 5.74) is -0.286. The highest BCUT2D eigenvalue weighted by Crippen LogP contribution is 2.36. The zero-order chi connectivity index (χ0) is 28.9. The van der Waals surface area contributed by atoms with E-state index >= 15 is 0 Å². The molecule has 1 aromatic rings. The van der Waals surface area contributed by atoms with Gasteiger partial charge in [-0.2, -0.15) is 0 Å². The Morgan fingerprint density at radius 1 is 0.947 bits per heavy atom. The Kier molecular flexibility index (Phi) is 10.3. The first-order valence-corrected chi connectivity index (χ1v) is 13.2. The SMILES string of the molecule is COC[C@@H](CCNC(=O)OC(C)(C)C)N(Cc1ccc(B2OC(C)(C)C(C)(C)O2)cc1)C(=O)OC(C)(C)C. The van der Waals surface area contributed by atoms with E-state index in [2.05, 4.69) is 5.32 Å². The van der Waals surface area contributed by atoms with Gasteiger partial charge in [0.15, 0.2) is 0 Å². The third kappa shape index (κ3) is 9.47. The quantitative estimate of drug-likeness (QED) is 0.461. The normalized spacial score (nSPS) is 17.6. The molecule has 1 aliphatic heterocycles. The van der Waals surface area contributed by atoms with E-state index in [1.54, 1.807) is 12.0 Å². The Hall–Kier alpha value is -2.30. The highest BCUT2D eigenvalue weighted by atomic mass is 16.7. The Labute approximate surface area is 229 Å². The van der Waals surface area contributed by atoms with Crippen molar-refractivity contribution in [2.75, 3.05) is 20.3 Å². The van der Waals surface area contributed by atoms with E-state index in [9.17, 15) is 9.59 Å². The highest BCUT2D eigenvalue weighted by molar-refractivity contribution is 6.62. The van der Waals surface area contributed by atoms with Crippen molar-refractivity contribution >= 4 is 24.8 Å². The summed E-state index contributed by atoms with van der Waals surface area (Å²) in [7, 11) is 1.12. The fourth-order valence-corrected chi connectivity index (χ4v) is 3.80. The zero-order valence-corrected chi connectivity index (χ0v) is 25.1. The number of nitrogens with zero attached hydrogens (tertiary/aromatic N) is 1. The van der Waals surface area contributed by atoms with Crippen molar-refractivity contribution in [3.63, 3.8) is 0 Å². The minimum absolute atomic E-state index is 0.279. The van der Waals surface area contributed by atoms with Crippen molar-refractivity contribution in [2.45, 2.75) is 111 Å². The molecule has 2 rings (SSSR count). The molecular weight excluding hydrogens is 487 g/mol. The minimum atomic E-state index is -0.664. The smallest absolute Gasteiger partial charge is 0.444 e. The average molecular weight is 535 g/mol. The van der Waals surface area contributed by atoms with Gasteiger partial charge < -0.3 is 28.8 Å². The molecule has 9 nitrogen and oxygen atoms in total. The van der Waals surface area contributed by atoms with Crippen LogP contribution in [0.5, 0.6) is 0 Å². The molecule has 0 radical (unpaired) electrons. The van der Waals surface area contributed by atoms with Crippen LogP contribution >= 0.6 is 0 Å². The summed E-state index contributed by atoms with van der Waals surface area (Å²) in [4.78, 5) is 27.0. The van der Waals surface area contributed by atoms with E-state index in [0.29, 0.717) is 19.5 Å². The van der Waals surface area contributed by atoms with Crippen LogP contribution < -0.4 is 10.8 Å². The number of methoxy groups -OCH3 is 1. The summed E-state index contributed by atoms with van der Waals surface area (Å²) in [6.45, 7) is 19.9. The van der Waals surface area contributed by atoms with Gasteiger partial charge in [-0.15, -0.1) is 0 Å². The lowest BCUT2D eigenvalue weighted by atomic mass is 9.79. The maximum absolute atomic E-state index is 13.3. The van der Waals surface area contributed by atoms with Crippen molar-refractivity contribution in [3.8, 4) is 0 Å². The summed E-state index contributed by atoms with van der Waals surface area (Å²) in [6.07, 6.45) is -0.499. The molecule has 38 heavy (non-hydrogen) atoms. The third-order valence-corrected chi connectivity index (χ3v) is 6.43. The summed E-state index contributed by atoms with van der Waals surface area (Å²) >= 11 is 0. The molecule has 2 amide bonds. The number of hydrogen-bond acceptors (Lipinski definition) is 7. The molecule has 0 aliphatic carbocycles. The lowest BCUT2D eigenvalue weighted by Gasteiger charge is -2.33.